The minimum absolute atomic E-state index is 0.0352. The Morgan fingerprint density at radius 1 is 1.37 bits per heavy atom. The molecule has 19 heavy (non-hydrogen) atoms. The fraction of sp³-hybridized carbons (Fsp3) is 0.286. The van der Waals surface area contributed by atoms with E-state index >= 15 is 0 Å². The molecule has 1 aromatic carbocycles. The highest BCUT2D eigenvalue weighted by Crippen LogP contribution is 2.20. The van der Waals surface area contributed by atoms with Crippen LogP contribution in [0.5, 0.6) is 0 Å². The Hall–Kier alpha value is -1.07. The maximum atomic E-state index is 12.2. The van der Waals surface area contributed by atoms with E-state index in [4.69, 9.17) is 0 Å². The molecule has 2 aromatic rings. The van der Waals surface area contributed by atoms with E-state index in [0.717, 1.165) is 27.7 Å². The molecule has 1 N–H and O–H groups in total. The number of H-pyrrole nitrogens is 1. The van der Waals surface area contributed by atoms with Crippen molar-refractivity contribution >= 4 is 27.7 Å². The number of hydrogen-bond donors (Lipinski definition) is 1. The summed E-state index contributed by atoms with van der Waals surface area (Å²) in [7, 11) is 0. The highest BCUT2D eigenvalue weighted by Gasteiger charge is 2.12. The van der Waals surface area contributed by atoms with Crippen molar-refractivity contribution in [3.05, 3.63) is 55.9 Å². The average molecular weight is 339 g/mol. The fourth-order valence-electron chi connectivity index (χ4n) is 1.93. The van der Waals surface area contributed by atoms with Gasteiger partial charge in [-0.2, -0.15) is 0 Å². The highest BCUT2D eigenvalue weighted by molar-refractivity contribution is 9.10. The first-order valence-corrected chi connectivity index (χ1v) is 8.07. The molecular weight excluding hydrogens is 324 g/mol. The summed E-state index contributed by atoms with van der Waals surface area (Å²) < 4.78 is 1.02. The Morgan fingerprint density at radius 2 is 2.11 bits per heavy atom. The maximum absolute atomic E-state index is 12.2. The van der Waals surface area contributed by atoms with Gasteiger partial charge in [0, 0.05) is 16.5 Å². The molecule has 3 nitrogen and oxygen atoms in total. The second-order valence-corrected chi connectivity index (χ2v) is 5.77. The van der Waals surface area contributed by atoms with Gasteiger partial charge in [0.2, 0.25) is 0 Å². The van der Waals surface area contributed by atoms with Crippen molar-refractivity contribution in [3.63, 3.8) is 0 Å². The molecule has 0 radical (unpaired) electrons. The molecule has 0 atom stereocenters. The lowest BCUT2D eigenvalue weighted by Gasteiger charge is -2.09. The van der Waals surface area contributed by atoms with Crippen molar-refractivity contribution in [3.8, 4) is 0 Å². The molecule has 0 unspecified atom stereocenters. The van der Waals surface area contributed by atoms with Gasteiger partial charge < -0.3 is 4.98 Å². The van der Waals surface area contributed by atoms with E-state index in [0.29, 0.717) is 11.6 Å². The largest absolute Gasteiger partial charge is 0.301 e. The van der Waals surface area contributed by atoms with E-state index in [-0.39, 0.29) is 5.56 Å². The Morgan fingerprint density at radius 3 is 2.74 bits per heavy atom. The van der Waals surface area contributed by atoms with E-state index in [1.54, 1.807) is 0 Å². The van der Waals surface area contributed by atoms with Gasteiger partial charge in [-0.05, 0) is 24.3 Å². The predicted molar refractivity (Wildman–Crippen MR) is 83.0 cm³/mol. The van der Waals surface area contributed by atoms with Crippen LogP contribution in [0.2, 0.25) is 0 Å². The van der Waals surface area contributed by atoms with Gasteiger partial charge in [0.15, 0.2) is 5.16 Å². The zero-order chi connectivity index (χ0) is 13.8. The van der Waals surface area contributed by atoms with Gasteiger partial charge in [-0.25, -0.2) is 4.98 Å². The number of aryl methyl sites for hydroxylation is 1. The van der Waals surface area contributed by atoms with Crippen LogP contribution in [0, 0.1) is 0 Å². The first-order chi connectivity index (χ1) is 9.15. The molecule has 0 saturated carbocycles. The van der Waals surface area contributed by atoms with Crippen LogP contribution < -0.4 is 5.56 Å². The van der Waals surface area contributed by atoms with Gasteiger partial charge in [0.25, 0.3) is 5.56 Å². The maximum Gasteiger partial charge on any atom is 0.255 e. The lowest BCUT2D eigenvalue weighted by Crippen LogP contribution is -2.19. The molecule has 1 heterocycles. The molecule has 0 aliphatic rings. The molecule has 0 bridgehead atoms. The van der Waals surface area contributed by atoms with Crippen molar-refractivity contribution in [2.24, 2.45) is 0 Å². The molecule has 0 spiro atoms. The van der Waals surface area contributed by atoms with Crippen LogP contribution in [0.3, 0.4) is 0 Å². The Bertz CT molecular complexity index is 640. The number of nitrogens with zero attached hydrogens (tertiary/aromatic N) is 1. The van der Waals surface area contributed by atoms with E-state index < -0.39 is 0 Å². The summed E-state index contributed by atoms with van der Waals surface area (Å²) >= 11 is 4.97. The SMILES string of the molecule is CCc1nc(SC)[nH]c(=O)c1Cc1ccccc1Br. The van der Waals surface area contributed by atoms with Crippen molar-refractivity contribution in [2.75, 3.05) is 6.26 Å². The van der Waals surface area contributed by atoms with Gasteiger partial charge in [-0.15, -0.1) is 0 Å². The number of hydrogen-bond acceptors (Lipinski definition) is 3. The van der Waals surface area contributed by atoms with E-state index in [2.05, 4.69) is 25.9 Å². The normalized spacial score (nSPS) is 10.7. The van der Waals surface area contributed by atoms with E-state index in [9.17, 15) is 4.79 Å². The molecule has 0 saturated heterocycles. The Kier molecular flexibility index (Phi) is 4.82. The topological polar surface area (TPSA) is 45.8 Å². The van der Waals surface area contributed by atoms with Crippen LogP contribution in [0.25, 0.3) is 0 Å². The fourth-order valence-corrected chi connectivity index (χ4v) is 2.75. The molecule has 1 aromatic heterocycles. The number of thioether (sulfide) groups is 1. The molecule has 100 valence electrons. The monoisotopic (exact) mass is 338 g/mol. The second kappa shape index (κ2) is 6.39. The van der Waals surface area contributed by atoms with Crippen molar-refractivity contribution in [1.82, 2.24) is 9.97 Å². The first kappa shape index (κ1) is 14.3. The summed E-state index contributed by atoms with van der Waals surface area (Å²) in [5.41, 5.74) is 2.70. The van der Waals surface area contributed by atoms with Gasteiger partial charge in [0.1, 0.15) is 0 Å². The summed E-state index contributed by atoms with van der Waals surface area (Å²) in [5, 5.41) is 0.678. The van der Waals surface area contributed by atoms with E-state index in [1.165, 1.54) is 11.8 Å². The van der Waals surface area contributed by atoms with Crippen LogP contribution in [-0.4, -0.2) is 16.2 Å². The predicted octanol–water partition coefficient (Wildman–Crippen LogP) is 3.41. The zero-order valence-electron chi connectivity index (χ0n) is 10.9. The van der Waals surface area contributed by atoms with Crippen LogP contribution in [0.15, 0.2) is 38.7 Å². The quantitative estimate of drug-likeness (QED) is 0.686. The molecule has 0 aliphatic carbocycles. The number of halogens is 1. The third kappa shape index (κ3) is 3.28. The summed E-state index contributed by atoms with van der Waals surface area (Å²) in [5.74, 6) is 0. The number of aromatic nitrogens is 2. The number of benzene rings is 1. The number of aromatic amines is 1. The summed E-state index contributed by atoms with van der Waals surface area (Å²) in [4.78, 5) is 19.5. The van der Waals surface area contributed by atoms with Crippen LogP contribution >= 0.6 is 27.7 Å². The van der Waals surface area contributed by atoms with Crippen molar-refractivity contribution in [2.45, 2.75) is 24.9 Å². The standard InChI is InChI=1S/C14H15BrN2OS/c1-3-12-10(13(18)17-14(16-12)19-2)8-9-6-4-5-7-11(9)15/h4-7H,3,8H2,1-2H3,(H,16,17,18). The second-order valence-electron chi connectivity index (χ2n) is 4.12. The van der Waals surface area contributed by atoms with Crippen LogP contribution in [0.4, 0.5) is 0 Å². The number of rotatable bonds is 4. The minimum Gasteiger partial charge on any atom is -0.301 e. The van der Waals surface area contributed by atoms with Crippen LogP contribution in [0.1, 0.15) is 23.7 Å². The molecule has 0 amide bonds. The van der Waals surface area contributed by atoms with Gasteiger partial charge in [-0.3, -0.25) is 4.79 Å². The van der Waals surface area contributed by atoms with E-state index in [1.807, 2.05) is 37.4 Å². The molecule has 0 aliphatic heterocycles. The third-order valence-electron chi connectivity index (χ3n) is 2.93. The minimum atomic E-state index is -0.0352. The molecule has 2 rings (SSSR count). The summed E-state index contributed by atoms with van der Waals surface area (Å²) in [6.07, 6.45) is 3.27. The summed E-state index contributed by atoms with van der Waals surface area (Å²) in [6.45, 7) is 2.02. The Balaban J connectivity index is 2.45. The van der Waals surface area contributed by atoms with Gasteiger partial charge >= 0.3 is 0 Å². The Labute approximate surface area is 125 Å². The lowest BCUT2D eigenvalue weighted by molar-refractivity contribution is 0.832. The molecular formula is C14H15BrN2OS. The van der Waals surface area contributed by atoms with Crippen LogP contribution in [-0.2, 0) is 12.8 Å². The lowest BCUT2D eigenvalue weighted by atomic mass is 10.0. The first-order valence-electron chi connectivity index (χ1n) is 6.05. The molecule has 5 heteroatoms. The summed E-state index contributed by atoms with van der Waals surface area (Å²) in [6, 6.07) is 7.95. The zero-order valence-corrected chi connectivity index (χ0v) is 13.3. The highest BCUT2D eigenvalue weighted by atomic mass is 79.9. The third-order valence-corrected chi connectivity index (χ3v) is 4.29. The smallest absolute Gasteiger partial charge is 0.255 e. The van der Waals surface area contributed by atoms with Crippen molar-refractivity contribution < 1.29 is 0 Å². The average Bonchev–Trinajstić information content (AvgIpc) is 2.42. The van der Waals surface area contributed by atoms with Crippen molar-refractivity contribution in [1.29, 1.82) is 0 Å². The molecule has 0 fully saturated rings. The van der Waals surface area contributed by atoms with Gasteiger partial charge in [0.05, 0.1) is 5.69 Å². The van der Waals surface area contributed by atoms with Gasteiger partial charge in [-0.1, -0.05) is 52.8 Å². The number of nitrogens with one attached hydrogen (secondary N) is 1.